The molecule has 4 heterocycles. The summed E-state index contributed by atoms with van der Waals surface area (Å²) in [6.07, 6.45) is 6.04. The molecule has 4 fully saturated rings. The van der Waals surface area contributed by atoms with Crippen molar-refractivity contribution in [3.63, 3.8) is 0 Å². The van der Waals surface area contributed by atoms with Gasteiger partial charge in [0.05, 0.1) is 4.88 Å². The fourth-order valence-corrected chi connectivity index (χ4v) is 6.84. The smallest absolute Gasteiger partial charge is 0.173 e. The predicted octanol–water partition coefficient (Wildman–Crippen LogP) is 5.47. The number of benzene rings is 1. The van der Waals surface area contributed by atoms with Crippen molar-refractivity contribution in [2.75, 3.05) is 13.1 Å². The molecule has 25 heavy (non-hydrogen) atoms. The number of thiophene rings is 1. The molecule has 2 aromatic rings. The second-order valence-electron chi connectivity index (χ2n) is 8.69. The third kappa shape index (κ3) is 2.43. The molecule has 1 aliphatic carbocycles. The Kier molecular flexibility index (Phi) is 3.62. The third-order valence-electron chi connectivity index (χ3n) is 7.07. The van der Waals surface area contributed by atoms with Gasteiger partial charge in [-0.3, -0.25) is 9.69 Å². The van der Waals surface area contributed by atoms with E-state index in [2.05, 4.69) is 43.0 Å². The van der Waals surface area contributed by atoms with Crippen LogP contribution in [-0.4, -0.2) is 29.3 Å². The molecule has 3 heteroatoms. The fourth-order valence-electron chi connectivity index (χ4n) is 5.57. The molecule has 6 rings (SSSR count). The minimum atomic E-state index is 0.390. The zero-order valence-electron chi connectivity index (χ0n) is 15.3. The molecule has 1 aromatic heterocycles. The van der Waals surface area contributed by atoms with Gasteiger partial charge >= 0.3 is 0 Å². The van der Waals surface area contributed by atoms with Gasteiger partial charge in [0, 0.05) is 16.7 Å². The number of Topliss-reactive ketones (excluding diaryl/α,β-unsaturated/α-hetero) is 1. The van der Waals surface area contributed by atoms with Crippen molar-refractivity contribution in [1.82, 2.24) is 4.90 Å². The average molecular weight is 354 g/mol. The SMILES string of the molecule is CC(C)c1cccc2cc(C(=O)C[C@@H]3C4CCN(CC4)C34CC4)sc12. The molecule has 0 unspecified atom stereocenters. The molecule has 1 spiro atoms. The van der Waals surface area contributed by atoms with Gasteiger partial charge in [-0.2, -0.15) is 0 Å². The number of hydrogen-bond donors (Lipinski definition) is 0. The minimum Gasteiger partial charge on any atom is -0.297 e. The highest BCUT2D eigenvalue weighted by Gasteiger charge is 2.60. The summed E-state index contributed by atoms with van der Waals surface area (Å²) >= 11 is 1.73. The second-order valence-corrected chi connectivity index (χ2v) is 9.74. The van der Waals surface area contributed by atoms with E-state index in [9.17, 15) is 4.79 Å². The first-order valence-corrected chi connectivity index (χ1v) is 10.7. The summed E-state index contributed by atoms with van der Waals surface area (Å²) in [5.41, 5.74) is 1.79. The third-order valence-corrected chi connectivity index (χ3v) is 8.31. The normalized spacial score (nSPS) is 29.6. The number of rotatable bonds is 4. The van der Waals surface area contributed by atoms with E-state index < -0.39 is 0 Å². The first-order valence-electron chi connectivity index (χ1n) is 9.89. The summed E-state index contributed by atoms with van der Waals surface area (Å²) < 4.78 is 1.32. The standard InChI is InChI=1S/C22H27NOS/c1-14(2)17-5-3-4-16-12-20(25-21(16)17)19(24)13-18-15-6-10-23(11-7-15)22(18)8-9-22/h3-5,12,14-15,18H,6-11,13H2,1-2H3/t18-/m1/s1. The Labute approximate surface area is 154 Å². The maximum Gasteiger partial charge on any atom is 0.173 e. The summed E-state index contributed by atoms with van der Waals surface area (Å²) in [7, 11) is 0. The molecule has 132 valence electrons. The van der Waals surface area contributed by atoms with E-state index in [0.717, 1.165) is 17.2 Å². The Morgan fingerprint density at radius 2 is 2.04 bits per heavy atom. The highest BCUT2D eigenvalue weighted by molar-refractivity contribution is 7.21. The molecule has 1 aromatic carbocycles. The van der Waals surface area contributed by atoms with E-state index in [0.29, 0.717) is 23.2 Å². The molecule has 2 bridgehead atoms. The second kappa shape index (κ2) is 5.65. The van der Waals surface area contributed by atoms with Crippen LogP contribution < -0.4 is 0 Å². The molecular formula is C22H27NOS. The number of ketones is 1. The molecule has 4 aliphatic rings. The molecule has 2 nitrogen and oxygen atoms in total. The summed E-state index contributed by atoms with van der Waals surface area (Å²) in [6.45, 7) is 7.02. The zero-order chi connectivity index (χ0) is 17.2. The average Bonchev–Trinajstić information content (AvgIpc) is 3.26. The molecule has 3 aliphatic heterocycles. The topological polar surface area (TPSA) is 20.3 Å². The van der Waals surface area contributed by atoms with Crippen molar-refractivity contribution in [3.8, 4) is 0 Å². The summed E-state index contributed by atoms with van der Waals surface area (Å²) in [5.74, 6) is 2.29. The van der Waals surface area contributed by atoms with Gasteiger partial charge in [-0.25, -0.2) is 0 Å². The Balaban J connectivity index is 1.43. The fraction of sp³-hybridized carbons (Fsp3) is 0.591. The van der Waals surface area contributed by atoms with Gasteiger partial charge in [-0.1, -0.05) is 32.0 Å². The van der Waals surface area contributed by atoms with Gasteiger partial charge in [0.15, 0.2) is 5.78 Å². The van der Waals surface area contributed by atoms with Crippen LogP contribution in [0.5, 0.6) is 0 Å². The van der Waals surface area contributed by atoms with Crippen LogP contribution in [0.1, 0.15) is 67.1 Å². The molecule has 0 amide bonds. The molecule has 1 saturated carbocycles. The van der Waals surface area contributed by atoms with E-state index in [4.69, 9.17) is 0 Å². The summed E-state index contributed by atoms with van der Waals surface area (Å²) in [6, 6.07) is 8.65. The molecule has 0 radical (unpaired) electrons. The number of hydrogen-bond acceptors (Lipinski definition) is 3. The van der Waals surface area contributed by atoms with Crippen molar-refractivity contribution >= 4 is 27.2 Å². The van der Waals surface area contributed by atoms with E-state index >= 15 is 0 Å². The van der Waals surface area contributed by atoms with E-state index in [-0.39, 0.29) is 0 Å². The Morgan fingerprint density at radius 1 is 1.28 bits per heavy atom. The first-order chi connectivity index (χ1) is 12.1. The van der Waals surface area contributed by atoms with Crippen LogP contribution in [0.2, 0.25) is 0 Å². The van der Waals surface area contributed by atoms with Crippen LogP contribution in [-0.2, 0) is 0 Å². The first kappa shape index (κ1) is 16.0. The zero-order valence-corrected chi connectivity index (χ0v) is 16.1. The number of fused-ring (bicyclic) bond motifs is 3. The summed E-state index contributed by atoms with van der Waals surface area (Å²) in [5, 5.41) is 1.25. The van der Waals surface area contributed by atoms with Crippen LogP contribution in [0.3, 0.4) is 0 Å². The number of carbonyl (C=O) groups is 1. The van der Waals surface area contributed by atoms with Crippen LogP contribution in [0, 0.1) is 11.8 Å². The van der Waals surface area contributed by atoms with E-state index in [1.165, 1.54) is 54.4 Å². The van der Waals surface area contributed by atoms with E-state index in [1.807, 2.05) is 0 Å². The largest absolute Gasteiger partial charge is 0.297 e. The van der Waals surface area contributed by atoms with Crippen LogP contribution in [0.4, 0.5) is 0 Å². The van der Waals surface area contributed by atoms with Gasteiger partial charge in [-0.05, 0) is 73.5 Å². The van der Waals surface area contributed by atoms with Gasteiger partial charge in [-0.15, -0.1) is 11.3 Å². The maximum atomic E-state index is 13.1. The van der Waals surface area contributed by atoms with Crippen molar-refractivity contribution in [2.24, 2.45) is 11.8 Å². The van der Waals surface area contributed by atoms with E-state index in [1.54, 1.807) is 11.3 Å². The van der Waals surface area contributed by atoms with Gasteiger partial charge in [0.25, 0.3) is 0 Å². The van der Waals surface area contributed by atoms with Crippen LogP contribution in [0.25, 0.3) is 10.1 Å². The molecule has 0 N–H and O–H groups in total. The van der Waals surface area contributed by atoms with Gasteiger partial charge < -0.3 is 0 Å². The highest BCUT2D eigenvalue weighted by atomic mass is 32.1. The quantitative estimate of drug-likeness (QED) is 0.679. The van der Waals surface area contributed by atoms with Crippen LogP contribution in [0.15, 0.2) is 24.3 Å². The lowest BCUT2D eigenvalue weighted by atomic mass is 9.70. The lowest BCUT2D eigenvalue weighted by molar-refractivity contribution is -0.0273. The minimum absolute atomic E-state index is 0.390. The number of piperidine rings is 3. The lowest BCUT2D eigenvalue weighted by Crippen LogP contribution is -2.57. The van der Waals surface area contributed by atoms with Gasteiger partial charge in [0.2, 0.25) is 0 Å². The van der Waals surface area contributed by atoms with Crippen molar-refractivity contribution in [1.29, 1.82) is 0 Å². The number of carbonyl (C=O) groups excluding carboxylic acids is 1. The molecular weight excluding hydrogens is 326 g/mol. The number of nitrogens with zero attached hydrogens (tertiary/aromatic N) is 1. The predicted molar refractivity (Wildman–Crippen MR) is 105 cm³/mol. The van der Waals surface area contributed by atoms with Gasteiger partial charge in [0.1, 0.15) is 0 Å². The molecule has 3 saturated heterocycles. The Bertz CT molecular complexity index is 824. The summed E-state index contributed by atoms with van der Waals surface area (Å²) in [4.78, 5) is 16.8. The van der Waals surface area contributed by atoms with Crippen molar-refractivity contribution in [3.05, 3.63) is 34.7 Å². The monoisotopic (exact) mass is 353 g/mol. The van der Waals surface area contributed by atoms with Crippen LogP contribution >= 0.6 is 11.3 Å². The Hall–Kier alpha value is -1.19. The highest BCUT2D eigenvalue weighted by Crippen LogP contribution is 2.58. The lowest BCUT2D eigenvalue weighted by Gasteiger charge is -2.52. The Morgan fingerprint density at radius 3 is 2.72 bits per heavy atom. The molecule has 1 atom stereocenters. The van der Waals surface area contributed by atoms with Crippen molar-refractivity contribution < 1.29 is 4.79 Å². The maximum absolute atomic E-state index is 13.1. The van der Waals surface area contributed by atoms with Crippen molar-refractivity contribution in [2.45, 2.75) is 57.4 Å².